The fourth-order valence-electron chi connectivity index (χ4n) is 3.52. The molecule has 5 rings (SSSR count). The molecule has 1 saturated heterocycles. The van der Waals surface area contributed by atoms with Crippen molar-refractivity contribution in [3.05, 3.63) is 46.4 Å². The molecule has 1 fully saturated rings. The third-order valence-electron chi connectivity index (χ3n) is 5.03. The second-order valence-electron chi connectivity index (χ2n) is 6.70. The van der Waals surface area contributed by atoms with E-state index in [9.17, 15) is 0 Å². The molecule has 0 N–H and O–H groups in total. The molecule has 4 aromatic rings. The number of benzene rings is 2. The Bertz CT molecular complexity index is 1110. The van der Waals surface area contributed by atoms with Crippen LogP contribution in [-0.4, -0.2) is 36.1 Å². The summed E-state index contributed by atoms with van der Waals surface area (Å²) in [4.78, 5) is 14.6. The highest BCUT2D eigenvalue weighted by atomic mass is 79.9. The molecule has 1 aliphatic rings. The van der Waals surface area contributed by atoms with E-state index in [0.29, 0.717) is 0 Å². The molecule has 3 heterocycles. The van der Waals surface area contributed by atoms with Gasteiger partial charge in [-0.25, -0.2) is 9.97 Å². The van der Waals surface area contributed by atoms with Gasteiger partial charge in [0.25, 0.3) is 0 Å². The predicted molar refractivity (Wildman–Crippen MR) is 121 cm³/mol. The molecule has 138 valence electrons. The molecule has 1 aliphatic heterocycles. The van der Waals surface area contributed by atoms with Gasteiger partial charge in [0.1, 0.15) is 0 Å². The number of anilines is 2. The predicted octanol–water partition coefficient (Wildman–Crippen LogP) is 5.56. The molecule has 0 atom stereocenters. The lowest BCUT2D eigenvalue weighted by Gasteiger charge is -2.34. The molecule has 2 aromatic carbocycles. The van der Waals surface area contributed by atoms with Crippen molar-refractivity contribution in [2.24, 2.45) is 0 Å². The van der Waals surface area contributed by atoms with E-state index in [0.717, 1.165) is 52.9 Å². The zero-order valence-corrected chi connectivity index (χ0v) is 18.2. The van der Waals surface area contributed by atoms with Crippen LogP contribution < -0.4 is 9.80 Å². The Balaban J connectivity index is 1.35. The first-order valence-electron chi connectivity index (χ1n) is 9.15. The Morgan fingerprint density at radius 1 is 0.926 bits per heavy atom. The second-order valence-corrected chi connectivity index (χ2v) is 9.63. The highest BCUT2D eigenvalue weighted by Gasteiger charge is 2.22. The number of hydrogen-bond acceptors (Lipinski definition) is 6. The molecular formula is C20H19BrN4S2. The Kier molecular flexibility index (Phi) is 4.53. The molecule has 0 saturated carbocycles. The Morgan fingerprint density at radius 2 is 1.63 bits per heavy atom. The van der Waals surface area contributed by atoms with E-state index in [1.165, 1.54) is 20.5 Å². The van der Waals surface area contributed by atoms with Gasteiger partial charge in [-0.2, -0.15) is 0 Å². The average molecular weight is 459 g/mol. The summed E-state index contributed by atoms with van der Waals surface area (Å²) in [5.41, 5.74) is 3.60. The van der Waals surface area contributed by atoms with Gasteiger partial charge in [0.05, 0.1) is 20.4 Å². The van der Waals surface area contributed by atoms with Crippen LogP contribution in [0.15, 0.2) is 40.9 Å². The molecule has 0 spiro atoms. The zero-order valence-electron chi connectivity index (χ0n) is 15.0. The van der Waals surface area contributed by atoms with Gasteiger partial charge in [0.15, 0.2) is 10.3 Å². The summed E-state index contributed by atoms with van der Waals surface area (Å²) >= 11 is 7.14. The first-order valence-corrected chi connectivity index (χ1v) is 11.6. The number of thiazole rings is 2. The van der Waals surface area contributed by atoms with Crippen LogP contribution in [0.4, 0.5) is 10.3 Å². The van der Waals surface area contributed by atoms with E-state index in [1.807, 2.05) is 11.3 Å². The van der Waals surface area contributed by atoms with Gasteiger partial charge >= 0.3 is 0 Å². The molecular weight excluding hydrogens is 440 g/mol. The molecule has 7 heteroatoms. The minimum atomic E-state index is 0.984. The van der Waals surface area contributed by atoms with Crippen LogP contribution in [0, 0.1) is 0 Å². The largest absolute Gasteiger partial charge is 0.345 e. The normalized spacial score (nSPS) is 15.2. The zero-order chi connectivity index (χ0) is 18.4. The summed E-state index contributed by atoms with van der Waals surface area (Å²) in [6.45, 7) is 6.14. The standard InChI is InChI=1S/C20H19BrN4S2/c1-2-13-4-3-5-16-18(13)23-20(26-16)25-10-8-24(9-11-25)19-22-15-7-6-14(21)12-17(15)27-19/h3-7,12H,2,8-11H2,1H3. The van der Waals surface area contributed by atoms with Gasteiger partial charge in [-0.05, 0) is 36.2 Å². The minimum absolute atomic E-state index is 0.984. The second kappa shape index (κ2) is 7.04. The summed E-state index contributed by atoms with van der Waals surface area (Å²) in [5.74, 6) is 0. The van der Waals surface area contributed by atoms with E-state index in [-0.39, 0.29) is 0 Å². The number of aryl methyl sites for hydroxylation is 1. The smallest absolute Gasteiger partial charge is 0.186 e. The lowest BCUT2D eigenvalue weighted by molar-refractivity contribution is 0.651. The monoisotopic (exact) mass is 458 g/mol. The topological polar surface area (TPSA) is 32.3 Å². The Morgan fingerprint density at radius 3 is 2.37 bits per heavy atom. The molecule has 0 unspecified atom stereocenters. The van der Waals surface area contributed by atoms with Gasteiger partial charge in [-0.1, -0.05) is 57.7 Å². The van der Waals surface area contributed by atoms with Crippen LogP contribution in [0.2, 0.25) is 0 Å². The van der Waals surface area contributed by atoms with Crippen molar-refractivity contribution in [3.8, 4) is 0 Å². The van der Waals surface area contributed by atoms with Gasteiger partial charge in [-0.3, -0.25) is 0 Å². The maximum absolute atomic E-state index is 4.96. The van der Waals surface area contributed by atoms with Crippen LogP contribution in [0.25, 0.3) is 20.4 Å². The average Bonchev–Trinajstić information content (AvgIpc) is 3.31. The van der Waals surface area contributed by atoms with E-state index >= 15 is 0 Å². The highest BCUT2D eigenvalue weighted by Crippen LogP contribution is 2.34. The molecule has 2 aromatic heterocycles. The van der Waals surface area contributed by atoms with Crippen molar-refractivity contribution in [2.75, 3.05) is 36.0 Å². The van der Waals surface area contributed by atoms with Crippen LogP contribution in [0.3, 0.4) is 0 Å². The van der Waals surface area contributed by atoms with Crippen molar-refractivity contribution >= 4 is 69.3 Å². The van der Waals surface area contributed by atoms with Crippen molar-refractivity contribution in [2.45, 2.75) is 13.3 Å². The van der Waals surface area contributed by atoms with Crippen molar-refractivity contribution in [1.29, 1.82) is 0 Å². The summed E-state index contributed by atoms with van der Waals surface area (Å²) in [7, 11) is 0. The molecule has 4 nitrogen and oxygen atoms in total. The first-order chi connectivity index (χ1) is 13.2. The number of para-hydroxylation sites is 1. The minimum Gasteiger partial charge on any atom is -0.345 e. The molecule has 0 aliphatic carbocycles. The quantitative estimate of drug-likeness (QED) is 0.402. The van der Waals surface area contributed by atoms with E-state index in [4.69, 9.17) is 9.97 Å². The number of fused-ring (bicyclic) bond motifs is 2. The molecule has 0 bridgehead atoms. The third kappa shape index (κ3) is 3.22. The van der Waals surface area contributed by atoms with Gasteiger partial charge < -0.3 is 9.80 Å². The summed E-state index contributed by atoms with van der Waals surface area (Å²) in [6, 6.07) is 12.8. The first kappa shape index (κ1) is 17.4. The van der Waals surface area contributed by atoms with E-state index in [1.54, 1.807) is 11.3 Å². The summed E-state index contributed by atoms with van der Waals surface area (Å²) in [5, 5.41) is 2.28. The van der Waals surface area contributed by atoms with Crippen molar-refractivity contribution in [1.82, 2.24) is 9.97 Å². The fourth-order valence-corrected chi connectivity index (χ4v) is 6.16. The van der Waals surface area contributed by atoms with Crippen LogP contribution in [0.1, 0.15) is 12.5 Å². The Hall–Kier alpha value is -1.70. The number of hydrogen-bond donors (Lipinski definition) is 0. The third-order valence-corrected chi connectivity index (χ3v) is 7.69. The summed E-state index contributed by atoms with van der Waals surface area (Å²) in [6.07, 6.45) is 1.03. The maximum atomic E-state index is 4.96. The Labute approximate surface area is 174 Å². The number of aromatic nitrogens is 2. The lowest BCUT2D eigenvalue weighted by Crippen LogP contribution is -2.46. The molecule has 27 heavy (non-hydrogen) atoms. The van der Waals surface area contributed by atoms with Crippen LogP contribution in [-0.2, 0) is 6.42 Å². The van der Waals surface area contributed by atoms with Crippen molar-refractivity contribution < 1.29 is 0 Å². The number of rotatable bonds is 3. The summed E-state index contributed by atoms with van der Waals surface area (Å²) < 4.78 is 3.64. The fraction of sp³-hybridized carbons (Fsp3) is 0.300. The lowest BCUT2D eigenvalue weighted by atomic mass is 10.1. The van der Waals surface area contributed by atoms with Crippen LogP contribution in [0.5, 0.6) is 0 Å². The molecule has 0 radical (unpaired) electrons. The maximum Gasteiger partial charge on any atom is 0.186 e. The van der Waals surface area contributed by atoms with E-state index < -0.39 is 0 Å². The number of piperazine rings is 1. The van der Waals surface area contributed by atoms with Gasteiger partial charge in [-0.15, -0.1) is 0 Å². The van der Waals surface area contributed by atoms with Crippen molar-refractivity contribution in [3.63, 3.8) is 0 Å². The van der Waals surface area contributed by atoms with Gasteiger partial charge in [0, 0.05) is 30.7 Å². The van der Waals surface area contributed by atoms with Crippen LogP contribution >= 0.6 is 38.6 Å². The SMILES string of the molecule is CCc1cccc2sc(N3CCN(c4nc5ccc(Br)cc5s4)CC3)nc12. The molecule has 0 amide bonds. The highest BCUT2D eigenvalue weighted by molar-refractivity contribution is 9.10. The van der Waals surface area contributed by atoms with E-state index in [2.05, 4.69) is 69.1 Å². The van der Waals surface area contributed by atoms with Gasteiger partial charge in [0.2, 0.25) is 0 Å². The number of nitrogens with zero attached hydrogens (tertiary/aromatic N) is 4. The number of halogens is 1.